The zero-order valence-electron chi connectivity index (χ0n) is 11.0. The molecule has 2 N–H and O–H groups in total. The summed E-state index contributed by atoms with van der Waals surface area (Å²) in [5.41, 5.74) is 2.61. The van der Waals surface area contributed by atoms with Crippen LogP contribution in [0.3, 0.4) is 0 Å². The molecule has 0 aliphatic carbocycles. The molecular formula is C14H23BrN2. The van der Waals surface area contributed by atoms with Gasteiger partial charge >= 0.3 is 0 Å². The molecule has 17 heavy (non-hydrogen) atoms. The molecule has 0 heterocycles. The summed E-state index contributed by atoms with van der Waals surface area (Å²) in [5.74, 6) is 0. The Morgan fingerprint density at radius 1 is 1.35 bits per heavy atom. The van der Waals surface area contributed by atoms with E-state index in [-0.39, 0.29) is 0 Å². The smallest absolute Gasteiger partial charge is 0.0222 e. The molecular weight excluding hydrogens is 276 g/mol. The van der Waals surface area contributed by atoms with Gasteiger partial charge in [-0.2, -0.15) is 0 Å². The second kappa shape index (κ2) is 7.85. The largest absolute Gasteiger partial charge is 0.315 e. The van der Waals surface area contributed by atoms with Gasteiger partial charge < -0.3 is 10.6 Å². The number of hydrogen-bond donors (Lipinski definition) is 2. The third kappa shape index (κ3) is 5.66. The van der Waals surface area contributed by atoms with E-state index < -0.39 is 0 Å². The second-order valence-electron chi connectivity index (χ2n) is 4.58. The minimum atomic E-state index is 0.495. The molecule has 1 rings (SSSR count). The minimum Gasteiger partial charge on any atom is -0.315 e. The molecule has 1 aromatic carbocycles. The molecule has 0 fully saturated rings. The summed E-state index contributed by atoms with van der Waals surface area (Å²) in [6, 6.07) is 6.99. The first kappa shape index (κ1) is 14.7. The van der Waals surface area contributed by atoms with Crippen molar-refractivity contribution in [3.05, 3.63) is 33.8 Å². The van der Waals surface area contributed by atoms with Crippen LogP contribution in [-0.2, 0) is 6.54 Å². The molecule has 0 aliphatic heterocycles. The number of hydrogen-bond acceptors (Lipinski definition) is 2. The van der Waals surface area contributed by atoms with Gasteiger partial charge in [-0.15, -0.1) is 0 Å². The first-order chi connectivity index (χ1) is 8.13. The average Bonchev–Trinajstić information content (AvgIpc) is 2.28. The van der Waals surface area contributed by atoms with Crippen molar-refractivity contribution in [1.82, 2.24) is 10.6 Å². The van der Waals surface area contributed by atoms with Gasteiger partial charge in [-0.05, 0) is 44.0 Å². The van der Waals surface area contributed by atoms with E-state index >= 15 is 0 Å². The summed E-state index contributed by atoms with van der Waals surface area (Å²) in [4.78, 5) is 0. The molecule has 0 bridgehead atoms. The van der Waals surface area contributed by atoms with Gasteiger partial charge in [0.25, 0.3) is 0 Å². The van der Waals surface area contributed by atoms with Gasteiger partial charge in [0.1, 0.15) is 0 Å². The predicted octanol–water partition coefficient (Wildman–Crippen LogP) is 3.24. The number of halogens is 1. The molecule has 96 valence electrons. The van der Waals surface area contributed by atoms with Crippen molar-refractivity contribution in [3.63, 3.8) is 0 Å². The van der Waals surface area contributed by atoms with E-state index in [4.69, 9.17) is 0 Å². The first-order valence-corrected chi connectivity index (χ1v) is 7.12. The Bertz CT molecular complexity index is 339. The zero-order valence-corrected chi connectivity index (χ0v) is 12.6. The highest BCUT2D eigenvalue weighted by atomic mass is 79.9. The molecule has 0 radical (unpaired) electrons. The van der Waals surface area contributed by atoms with E-state index in [0.29, 0.717) is 6.04 Å². The second-order valence-corrected chi connectivity index (χ2v) is 5.44. The lowest BCUT2D eigenvalue weighted by Crippen LogP contribution is -2.36. The number of aryl methyl sites for hydroxylation is 1. The Balaban J connectivity index is 2.34. The van der Waals surface area contributed by atoms with E-state index in [1.807, 2.05) is 0 Å². The van der Waals surface area contributed by atoms with Gasteiger partial charge in [0, 0.05) is 23.6 Å². The molecule has 1 atom stereocenters. The molecule has 2 nitrogen and oxygen atoms in total. The van der Waals surface area contributed by atoms with E-state index in [1.165, 1.54) is 22.0 Å². The maximum Gasteiger partial charge on any atom is 0.0222 e. The van der Waals surface area contributed by atoms with Crippen molar-refractivity contribution in [2.75, 3.05) is 13.1 Å². The van der Waals surface area contributed by atoms with E-state index in [9.17, 15) is 0 Å². The quantitative estimate of drug-likeness (QED) is 0.755. The van der Waals surface area contributed by atoms with Crippen LogP contribution in [0.15, 0.2) is 22.7 Å². The highest BCUT2D eigenvalue weighted by molar-refractivity contribution is 9.10. The molecule has 0 amide bonds. The van der Waals surface area contributed by atoms with Gasteiger partial charge in [0.2, 0.25) is 0 Å². The minimum absolute atomic E-state index is 0.495. The van der Waals surface area contributed by atoms with Gasteiger partial charge in [-0.25, -0.2) is 0 Å². The maximum absolute atomic E-state index is 3.61. The number of benzene rings is 1. The molecule has 0 aromatic heterocycles. The Labute approximate surface area is 113 Å². The molecule has 1 unspecified atom stereocenters. The number of nitrogens with one attached hydrogen (secondary N) is 2. The fraction of sp³-hybridized carbons (Fsp3) is 0.571. The van der Waals surface area contributed by atoms with Crippen LogP contribution < -0.4 is 10.6 Å². The lowest BCUT2D eigenvalue weighted by molar-refractivity contribution is 0.501. The SMILES string of the molecule is CCCNCC(C)NCc1ccc(C)cc1Br. The monoisotopic (exact) mass is 298 g/mol. The standard InChI is InChI=1S/C14H23BrN2/c1-4-7-16-9-12(3)17-10-13-6-5-11(2)8-14(13)15/h5-6,8,12,16-17H,4,7,9-10H2,1-3H3. The summed E-state index contributed by atoms with van der Waals surface area (Å²) < 4.78 is 1.19. The molecule has 1 aromatic rings. The van der Waals surface area contributed by atoms with Crippen molar-refractivity contribution < 1.29 is 0 Å². The molecule has 0 aliphatic rings. The summed E-state index contributed by atoms with van der Waals surface area (Å²) in [6.45, 7) is 9.55. The van der Waals surface area contributed by atoms with Gasteiger partial charge in [-0.3, -0.25) is 0 Å². The molecule has 0 spiro atoms. The fourth-order valence-electron chi connectivity index (χ4n) is 1.65. The molecule has 0 saturated heterocycles. The Hall–Kier alpha value is -0.380. The Morgan fingerprint density at radius 3 is 2.76 bits per heavy atom. The van der Waals surface area contributed by atoms with Crippen molar-refractivity contribution in [2.24, 2.45) is 0 Å². The van der Waals surface area contributed by atoms with Crippen molar-refractivity contribution >= 4 is 15.9 Å². The predicted molar refractivity (Wildman–Crippen MR) is 78.3 cm³/mol. The van der Waals surface area contributed by atoms with Crippen LogP contribution in [0, 0.1) is 6.92 Å². The topological polar surface area (TPSA) is 24.1 Å². The summed E-state index contributed by atoms with van der Waals surface area (Å²) in [6.07, 6.45) is 1.19. The van der Waals surface area contributed by atoms with Crippen molar-refractivity contribution in [1.29, 1.82) is 0 Å². The van der Waals surface area contributed by atoms with Crippen LogP contribution in [0.2, 0.25) is 0 Å². The molecule has 0 saturated carbocycles. The van der Waals surface area contributed by atoms with Crippen LogP contribution in [0.25, 0.3) is 0 Å². The third-order valence-corrected chi connectivity index (χ3v) is 3.47. The zero-order chi connectivity index (χ0) is 12.7. The fourth-order valence-corrected chi connectivity index (χ4v) is 2.28. The summed E-state index contributed by atoms with van der Waals surface area (Å²) in [7, 11) is 0. The van der Waals surface area contributed by atoms with Crippen molar-refractivity contribution in [3.8, 4) is 0 Å². The Kier molecular flexibility index (Phi) is 6.78. The highest BCUT2D eigenvalue weighted by Crippen LogP contribution is 2.18. The molecule has 3 heteroatoms. The van der Waals surface area contributed by atoms with Crippen LogP contribution in [0.1, 0.15) is 31.4 Å². The Morgan fingerprint density at radius 2 is 2.12 bits per heavy atom. The third-order valence-electron chi connectivity index (χ3n) is 2.73. The van der Waals surface area contributed by atoms with Gasteiger partial charge in [0.05, 0.1) is 0 Å². The van der Waals surface area contributed by atoms with E-state index in [0.717, 1.165) is 19.6 Å². The summed E-state index contributed by atoms with van der Waals surface area (Å²) >= 11 is 3.61. The summed E-state index contributed by atoms with van der Waals surface area (Å²) in [5, 5.41) is 6.95. The van der Waals surface area contributed by atoms with Crippen molar-refractivity contribution in [2.45, 2.75) is 39.8 Å². The lowest BCUT2D eigenvalue weighted by atomic mass is 10.1. The van der Waals surface area contributed by atoms with Crippen LogP contribution in [0.5, 0.6) is 0 Å². The van der Waals surface area contributed by atoms with E-state index in [1.54, 1.807) is 0 Å². The maximum atomic E-state index is 3.61. The lowest BCUT2D eigenvalue weighted by Gasteiger charge is -2.15. The average molecular weight is 299 g/mol. The van der Waals surface area contributed by atoms with Crippen LogP contribution in [0.4, 0.5) is 0 Å². The normalized spacial score (nSPS) is 12.7. The van der Waals surface area contributed by atoms with Crippen LogP contribution >= 0.6 is 15.9 Å². The van der Waals surface area contributed by atoms with Crippen LogP contribution in [-0.4, -0.2) is 19.1 Å². The van der Waals surface area contributed by atoms with E-state index in [2.05, 4.69) is 65.5 Å². The van der Waals surface area contributed by atoms with Gasteiger partial charge in [-0.1, -0.05) is 35.0 Å². The van der Waals surface area contributed by atoms with Gasteiger partial charge in [0.15, 0.2) is 0 Å². The first-order valence-electron chi connectivity index (χ1n) is 6.32. The number of rotatable bonds is 7. The highest BCUT2D eigenvalue weighted by Gasteiger charge is 2.03.